The van der Waals surface area contributed by atoms with E-state index in [0.29, 0.717) is 18.9 Å². The lowest BCUT2D eigenvalue weighted by Crippen LogP contribution is -2.55. The van der Waals surface area contributed by atoms with E-state index in [2.05, 4.69) is 21.3 Å². The average Bonchev–Trinajstić information content (AvgIpc) is 2.74. The van der Waals surface area contributed by atoms with Gasteiger partial charge in [-0.05, 0) is 25.3 Å². The third-order valence-corrected chi connectivity index (χ3v) is 6.12. The first-order valence-corrected chi connectivity index (χ1v) is 11.2. The van der Waals surface area contributed by atoms with Crippen LogP contribution in [0.15, 0.2) is 23.3 Å². The van der Waals surface area contributed by atoms with E-state index in [0.717, 1.165) is 11.8 Å². The van der Waals surface area contributed by atoms with Crippen molar-refractivity contribution < 1.29 is 37.4 Å². The number of amides is 3. The average molecular weight is 512 g/mol. The molecule has 1 saturated carbocycles. The minimum Gasteiger partial charge on any atom is -0.395 e. The fraction of sp³-hybridized carbons (Fsp3) is 0.611. The van der Waals surface area contributed by atoms with E-state index in [1.807, 2.05) is 0 Å². The Balaban J connectivity index is 1.86. The van der Waals surface area contributed by atoms with Gasteiger partial charge in [-0.15, -0.1) is 11.8 Å². The van der Waals surface area contributed by atoms with Crippen molar-refractivity contribution in [3.8, 4) is 0 Å². The zero-order valence-corrected chi connectivity index (χ0v) is 19.0. The predicted molar refractivity (Wildman–Crippen MR) is 115 cm³/mol. The van der Waals surface area contributed by atoms with Crippen LogP contribution in [0.25, 0.3) is 0 Å². The van der Waals surface area contributed by atoms with Gasteiger partial charge in [0.25, 0.3) is 5.91 Å². The Hall–Kier alpha value is -2.69. The molecule has 1 heterocycles. The molecule has 0 saturated heterocycles. The van der Waals surface area contributed by atoms with Gasteiger partial charge in [-0.3, -0.25) is 14.4 Å². The molecule has 0 bridgehead atoms. The topological polar surface area (TPSA) is 207 Å². The number of rotatable bonds is 8. The van der Waals surface area contributed by atoms with Crippen LogP contribution in [-0.2, 0) is 19.1 Å². The fourth-order valence-corrected chi connectivity index (χ4v) is 4.12. The molecular formula is C18H28F3N7O5S. The number of aliphatic hydroxyl groups excluding tert-OH is 1. The summed E-state index contributed by atoms with van der Waals surface area (Å²) in [4.78, 5) is 36.9. The zero-order chi connectivity index (χ0) is 25.6. The lowest BCUT2D eigenvalue weighted by atomic mass is 9.84. The maximum absolute atomic E-state index is 12.6. The smallest absolute Gasteiger partial charge is 0.395 e. The molecular weight excluding hydrogens is 483 g/mol. The van der Waals surface area contributed by atoms with E-state index in [1.54, 1.807) is 0 Å². The first kappa shape index (κ1) is 27.6. The molecule has 16 heteroatoms. The Bertz CT molecular complexity index is 854. The highest BCUT2D eigenvalue weighted by molar-refractivity contribution is 8.00. The van der Waals surface area contributed by atoms with Crippen LogP contribution in [0.5, 0.6) is 0 Å². The molecule has 34 heavy (non-hydrogen) atoms. The maximum atomic E-state index is 12.6. The number of nitrogens with one attached hydrogen (secondary N) is 4. The third-order valence-electron chi connectivity index (χ3n) is 5.12. The summed E-state index contributed by atoms with van der Waals surface area (Å²) in [6.45, 7) is 0. The quantitative estimate of drug-likeness (QED) is 0.167. The Labute approximate surface area is 197 Å². The first-order valence-electron chi connectivity index (χ1n) is 10.1. The molecule has 2 rings (SSSR count). The molecule has 0 aromatic heterocycles. The van der Waals surface area contributed by atoms with Gasteiger partial charge in [-0.25, -0.2) is 0 Å². The summed E-state index contributed by atoms with van der Waals surface area (Å²) in [7, 11) is 1.44. The van der Waals surface area contributed by atoms with Crippen molar-refractivity contribution in [2.45, 2.75) is 49.3 Å². The molecule has 1 fully saturated rings. The van der Waals surface area contributed by atoms with E-state index < -0.39 is 59.4 Å². The Morgan fingerprint density at radius 1 is 1.35 bits per heavy atom. The normalized spacial score (nSPS) is 26.9. The predicted octanol–water partition coefficient (Wildman–Crippen LogP) is -2.05. The number of allylic oxidation sites excluding steroid dienone is 1. The molecule has 3 amide bonds. The summed E-state index contributed by atoms with van der Waals surface area (Å²) in [5.41, 5.74) is 13.6. The molecule has 192 valence electrons. The lowest BCUT2D eigenvalue weighted by Gasteiger charge is -2.32. The molecule has 0 radical (unpaired) electrons. The van der Waals surface area contributed by atoms with Gasteiger partial charge >= 0.3 is 6.18 Å². The van der Waals surface area contributed by atoms with Crippen molar-refractivity contribution in [1.29, 1.82) is 0 Å². The minimum absolute atomic E-state index is 0.133. The van der Waals surface area contributed by atoms with Gasteiger partial charge in [0.05, 0.1) is 24.1 Å². The highest BCUT2D eigenvalue weighted by Gasteiger charge is 2.35. The standard InChI is InChI=1S/C18H28F3N7O5S/c1-33-9-4-7(2-3-8(9)29)15(31)26-13-14(24)27-17(28-16(13)32)34-6-12(30)25-11(23)5-10(22)18(19,20)21/h5,7-9,11,17,27,29H,2-4,6,22-24H2,1H3,(H,25,30)(H,26,31)(H,28,32)/b10-5-. The number of carbonyl (C=O) groups is 3. The van der Waals surface area contributed by atoms with E-state index >= 15 is 0 Å². The lowest BCUT2D eigenvalue weighted by molar-refractivity contribution is -0.131. The molecule has 0 spiro atoms. The number of halogens is 3. The van der Waals surface area contributed by atoms with Crippen LogP contribution in [0.3, 0.4) is 0 Å². The first-order chi connectivity index (χ1) is 15.8. The van der Waals surface area contributed by atoms with Crippen LogP contribution < -0.4 is 38.5 Å². The second-order valence-electron chi connectivity index (χ2n) is 7.65. The molecule has 5 atom stereocenters. The van der Waals surface area contributed by atoms with E-state index in [9.17, 15) is 32.7 Å². The number of aliphatic hydroxyl groups is 1. The summed E-state index contributed by atoms with van der Waals surface area (Å²) < 4.78 is 42.4. The van der Waals surface area contributed by atoms with Crippen molar-refractivity contribution >= 4 is 29.5 Å². The number of hydrogen-bond acceptors (Lipinski definition) is 10. The highest BCUT2D eigenvalue weighted by Crippen LogP contribution is 2.27. The number of methoxy groups -OCH3 is 1. The number of alkyl halides is 3. The molecule has 0 aromatic rings. The van der Waals surface area contributed by atoms with Crippen molar-refractivity contribution in [2.24, 2.45) is 23.1 Å². The van der Waals surface area contributed by atoms with E-state index in [4.69, 9.17) is 21.9 Å². The van der Waals surface area contributed by atoms with Crippen molar-refractivity contribution in [2.75, 3.05) is 12.9 Å². The van der Waals surface area contributed by atoms with Gasteiger partial charge in [0.2, 0.25) is 11.8 Å². The van der Waals surface area contributed by atoms with Gasteiger partial charge in [-0.2, -0.15) is 13.2 Å². The number of carbonyl (C=O) groups excluding carboxylic acids is 3. The molecule has 0 aromatic carbocycles. The zero-order valence-electron chi connectivity index (χ0n) is 18.1. The highest BCUT2D eigenvalue weighted by atomic mass is 32.2. The van der Waals surface area contributed by atoms with Gasteiger partial charge < -0.3 is 48.3 Å². The Morgan fingerprint density at radius 2 is 2.03 bits per heavy atom. The SMILES string of the molecule is COC1CC(C(=O)NC2=C(N)NC(SCC(=O)NC(N)/C=C(\N)C(F)(F)F)NC2=O)CCC1O. The van der Waals surface area contributed by atoms with Crippen LogP contribution in [0, 0.1) is 5.92 Å². The third kappa shape index (κ3) is 7.68. The number of ether oxygens (including phenoxy) is 1. The van der Waals surface area contributed by atoms with Gasteiger partial charge in [0.15, 0.2) is 0 Å². The maximum Gasteiger partial charge on any atom is 0.430 e. The van der Waals surface area contributed by atoms with Crippen molar-refractivity contribution in [3.05, 3.63) is 23.3 Å². The molecule has 5 unspecified atom stereocenters. The van der Waals surface area contributed by atoms with Gasteiger partial charge in [-0.1, -0.05) is 0 Å². The van der Waals surface area contributed by atoms with Crippen LogP contribution >= 0.6 is 11.8 Å². The van der Waals surface area contributed by atoms with Crippen LogP contribution in [-0.4, -0.2) is 65.7 Å². The van der Waals surface area contributed by atoms with Gasteiger partial charge in [0.1, 0.15) is 22.7 Å². The molecule has 1 aliphatic carbocycles. The molecule has 1 aliphatic heterocycles. The Kier molecular flexibility index (Phi) is 9.43. The number of thioether (sulfide) groups is 1. The fourth-order valence-electron chi connectivity index (χ4n) is 3.32. The Morgan fingerprint density at radius 3 is 2.62 bits per heavy atom. The summed E-state index contributed by atoms with van der Waals surface area (Å²) in [5.74, 6) is -2.76. The second-order valence-corrected chi connectivity index (χ2v) is 8.74. The summed E-state index contributed by atoms with van der Waals surface area (Å²) >= 11 is 0.876. The molecule has 12 nitrogen and oxygen atoms in total. The van der Waals surface area contributed by atoms with Crippen molar-refractivity contribution in [3.63, 3.8) is 0 Å². The number of hydrogen-bond donors (Lipinski definition) is 8. The molecule has 2 aliphatic rings. The van der Waals surface area contributed by atoms with Crippen LogP contribution in [0.1, 0.15) is 19.3 Å². The largest absolute Gasteiger partial charge is 0.430 e. The number of nitrogens with two attached hydrogens (primary N) is 3. The summed E-state index contributed by atoms with van der Waals surface area (Å²) in [5, 5.41) is 19.7. The van der Waals surface area contributed by atoms with Crippen LogP contribution in [0.2, 0.25) is 0 Å². The monoisotopic (exact) mass is 511 g/mol. The molecule has 11 N–H and O–H groups in total. The second kappa shape index (κ2) is 11.6. The van der Waals surface area contributed by atoms with Gasteiger partial charge in [0, 0.05) is 13.0 Å². The minimum atomic E-state index is -4.77. The van der Waals surface area contributed by atoms with Crippen LogP contribution in [0.4, 0.5) is 13.2 Å². The van der Waals surface area contributed by atoms with Crippen molar-refractivity contribution in [1.82, 2.24) is 21.3 Å². The summed E-state index contributed by atoms with van der Waals surface area (Å²) in [6.07, 6.45) is -5.86. The summed E-state index contributed by atoms with van der Waals surface area (Å²) in [6, 6.07) is 0. The van der Waals surface area contributed by atoms with E-state index in [-0.39, 0.29) is 23.7 Å². The van der Waals surface area contributed by atoms with E-state index in [1.165, 1.54) is 7.11 Å².